The summed E-state index contributed by atoms with van der Waals surface area (Å²) >= 11 is 3.09. The van der Waals surface area contributed by atoms with Crippen molar-refractivity contribution in [2.75, 3.05) is 0 Å². The van der Waals surface area contributed by atoms with Crippen LogP contribution < -0.4 is 0 Å². The Hall–Kier alpha value is -1.49. The van der Waals surface area contributed by atoms with Gasteiger partial charge in [-0.2, -0.15) is 5.10 Å². The molecule has 2 aromatic rings. The minimum Gasteiger partial charge on any atom is -0.288 e. The zero-order valence-corrected chi connectivity index (χ0v) is 11.4. The number of benzene rings is 1. The van der Waals surface area contributed by atoms with Crippen molar-refractivity contribution in [2.24, 2.45) is 0 Å². The van der Waals surface area contributed by atoms with Crippen LogP contribution in [0.4, 0.5) is 4.39 Å². The fraction of sp³-hybridized carbons (Fsp3) is 0.231. The second-order valence-electron chi connectivity index (χ2n) is 3.92. The summed E-state index contributed by atoms with van der Waals surface area (Å²) in [5.74, 6) is -0.675. The molecule has 1 aromatic heterocycles. The maximum atomic E-state index is 13.4. The Morgan fingerprint density at radius 3 is 3.00 bits per heavy atom. The predicted molar refractivity (Wildman–Crippen MR) is 70.1 cm³/mol. The van der Waals surface area contributed by atoms with Crippen molar-refractivity contribution in [3.63, 3.8) is 0 Å². The average molecular weight is 311 g/mol. The topological polar surface area (TPSA) is 34.9 Å². The van der Waals surface area contributed by atoms with Crippen LogP contribution in [0.5, 0.6) is 0 Å². The number of hydrogen-bond donors (Lipinski definition) is 0. The van der Waals surface area contributed by atoms with E-state index in [1.54, 1.807) is 16.9 Å². The molecule has 0 aliphatic carbocycles. The number of hydrogen-bond acceptors (Lipinski definition) is 2. The summed E-state index contributed by atoms with van der Waals surface area (Å²) in [6.07, 6.45) is 4.14. The fourth-order valence-electron chi connectivity index (χ4n) is 1.67. The van der Waals surface area contributed by atoms with Crippen LogP contribution in [0.1, 0.15) is 29.3 Å². The van der Waals surface area contributed by atoms with Crippen LogP contribution in [0.2, 0.25) is 0 Å². The first-order valence-electron chi connectivity index (χ1n) is 5.64. The lowest BCUT2D eigenvalue weighted by molar-refractivity contribution is 0.103. The van der Waals surface area contributed by atoms with Gasteiger partial charge in [-0.05, 0) is 34.5 Å². The van der Waals surface area contributed by atoms with Gasteiger partial charge < -0.3 is 0 Å². The van der Waals surface area contributed by atoms with E-state index in [1.165, 1.54) is 18.3 Å². The summed E-state index contributed by atoms with van der Waals surface area (Å²) in [4.78, 5) is 12.2. The van der Waals surface area contributed by atoms with Crippen LogP contribution >= 0.6 is 15.9 Å². The number of aromatic nitrogens is 2. The Morgan fingerprint density at radius 1 is 1.50 bits per heavy atom. The van der Waals surface area contributed by atoms with Crippen molar-refractivity contribution >= 4 is 21.7 Å². The number of ketones is 1. The Bertz CT molecular complexity index is 580. The van der Waals surface area contributed by atoms with Gasteiger partial charge in [0.2, 0.25) is 0 Å². The molecule has 0 saturated carbocycles. The molecule has 0 unspecified atom stereocenters. The average Bonchev–Trinajstić information content (AvgIpc) is 2.81. The summed E-state index contributed by atoms with van der Waals surface area (Å²) < 4.78 is 15.3. The number of rotatable bonds is 4. The smallest absolute Gasteiger partial charge is 0.197 e. The van der Waals surface area contributed by atoms with Crippen LogP contribution in [0.15, 0.2) is 35.1 Å². The summed E-state index contributed by atoms with van der Waals surface area (Å²) in [5.41, 5.74) is 0.779. The fourth-order valence-corrected chi connectivity index (χ4v) is 2.11. The summed E-state index contributed by atoms with van der Waals surface area (Å²) in [7, 11) is 0. The molecule has 94 valence electrons. The van der Waals surface area contributed by atoms with E-state index in [9.17, 15) is 9.18 Å². The molecule has 1 aromatic carbocycles. The molecule has 1 heterocycles. The molecule has 0 aliphatic heterocycles. The van der Waals surface area contributed by atoms with Crippen molar-refractivity contribution < 1.29 is 9.18 Å². The molecule has 0 radical (unpaired) electrons. The van der Waals surface area contributed by atoms with Gasteiger partial charge in [-0.15, -0.1) is 0 Å². The number of aryl methyl sites for hydroxylation is 1. The Kier molecular flexibility index (Phi) is 3.91. The van der Waals surface area contributed by atoms with Crippen molar-refractivity contribution in [1.29, 1.82) is 0 Å². The second-order valence-corrected chi connectivity index (χ2v) is 4.72. The molecule has 0 bridgehead atoms. The molecule has 0 N–H and O–H groups in total. The first kappa shape index (κ1) is 13.0. The molecule has 0 saturated heterocycles. The van der Waals surface area contributed by atoms with Crippen LogP contribution in [0, 0.1) is 5.82 Å². The third kappa shape index (κ3) is 2.51. The largest absolute Gasteiger partial charge is 0.288 e. The van der Waals surface area contributed by atoms with Gasteiger partial charge in [0, 0.05) is 18.3 Å². The molecule has 0 aliphatic rings. The lowest BCUT2D eigenvalue weighted by Gasteiger charge is -2.02. The first-order chi connectivity index (χ1) is 8.63. The highest BCUT2D eigenvalue weighted by Gasteiger charge is 2.16. The third-order valence-electron chi connectivity index (χ3n) is 2.54. The van der Waals surface area contributed by atoms with Gasteiger partial charge in [-0.25, -0.2) is 4.39 Å². The monoisotopic (exact) mass is 310 g/mol. The molecule has 0 atom stereocenters. The second kappa shape index (κ2) is 5.44. The molecule has 3 nitrogen and oxygen atoms in total. The minimum absolute atomic E-state index is 0.193. The van der Waals surface area contributed by atoms with Crippen LogP contribution in [-0.4, -0.2) is 15.6 Å². The Morgan fingerprint density at radius 2 is 2.28 bits per heavy atom. The van der Waals surface area contributed by atoms with Crippen molar-refractivity contribution in [3.8, 4) is 0 Å². The van der Waals surface area contributed by atoms with Gasteiger partial charge in [0.05, 0.1) is 16.2 Å². The van der Waals surface area contributed by atoms with E-state index in [2.05, 4.69) is 21.0 Å². The van der Waals surface area contributed by atoms with E-state index in [1.807, 2.05) is 6.92 Å². The van der Waals surface area contributed by atoms with Gasteiger partial charge in [0.1, 0.15) is 5.82 Å². The maximum absolute atomic E-state index is 13.4. The first-order valence-corrected chi connectivity index (χ1v) is 6.44. The number of halogens is 2. The SMILES string of the molecule is CCCn1cc(C(=O)c2cccc(F)c2Br)cn1. The lowest BCUT2D eigenvalue weighted by Crippen LogP contribution is -2.02. The maximum Gasteiger partial charge on any atom is 0.197 e. The van der Waals surface area contributed by atoms with E-state index >= 15 is 0 Å². The zero-order valence-electron chi connectivity index (χ0n) is 9.86. The summed E-state index contributed by atoms with van der Waals surface area (Å²) in [6.45, 7) is 2.80. The van der Waals surface area contributed by atoms with Gasteiger partial charge in [0.25, 0.3) is 0 Å². The highest BCUT2D eigenvalue weighted by Crippen LogP contribution is 2.22. The molecule has 5 heteroatoms. The van der Waals surface area contributed by atoms with Gasteiger partial charge in [-0.3, -0.25) is 9.48 Å². The minimum atomic E-state index is -0.443. The quantitative estimate of drug-likeness (QED) is 0.811. The number of carbonyl (C=O) groups is 1. The summed E-state index contributed by atoms with van der Waals surface area (Å²) in [5, 5.41) is 4.09. The molecule has 2 rings (SSSR count). The van der Waals surface area contributed by atoms with Crippen LogP contribution in [-0.2, 0) is 6.54 Å². The van der Waals surface area contributed by atoms with Crippen molar-refractivity contribution in [2.45, 2.75) is 19.9 Å². The van der Waals surface area contributed by atoms with Crippen LogP contribution in [0.3, 0.4) is 0 Å². The van der Waals surface area contributed by atoms with E-state index in [4.69, 9.17) is 0 Å². The highest BCUT2D eigenvalue weighted by molar-refractivity contribution is 9.10. The number of carbonyl (C=O) groups excluding carboxylic acids is 1. The molecule has 0 spiro atoms. The molecule has 0 amide bonds. The van der Waals surface area contributed by atoms with Gasteiger partial charge in [0.15, 0.2) is 5.78 Å². The third-order valence-corrected chi connectivity index (χ3v) is 3.35. The molecular weight excluding hydrogens is 299 g/mol. The van der Waals surface area contributed by atoms with E-state index in [0.29, 0.717) is 11.1 Å². The predicted octanol–water partition coefficient (Wildman–Crippen LogP) is 3.43. The van der Waals surface area contributed by atoms with Crippen molar-refractivity contribution in [1.82, 2.24) is 9.78 Å². The number of nitrogens with zero attached hydrogens (tertiary/aromatic N) is 2. The molecule has 0 fully saturated rings. The van der Waals surface area contributed by atoms with E-state index in [-0.39, 0.29) is 10.3 Å². The van der Waals surface area contributed by atoms with Crippen molar-refractivity contribution in [3.05, 3.63) is 52.0 Å². The highest BCUT2D eigenvalue weighted by atomic mass is 79.9. The molecular formula is C13H12BrFN2O. The van der Waals surface area contributed by atoms with E-state index < -0.39 is 5.82 Å². The van der Waals surface area contributed by atoms with Gasteiger partial charge in [-0.1, -0.05) is 13.0 Å². The van der Waals surface area contributed by atoms with Gasteiger partial charge >= 0.3 is 0 Å². The zero-order chi connectivity index (χ0) is 13.1. The Balaban J connectivity index is 2.32. The standard InChI is InChI=1S/C13H12BrFN2O/c1-2-6-17-8-9(7-16-17)13(18)10-4-3-5-11(15)12(10)14/h3-5,7-8H,2,6H2,1H3. The molecule has 18 heavy (non-hydrogen) atoms. The summed E-state index contributed by atoms with van der Waals surface area (Å²) in [6, 6.07) is 4.41. The van der Waals surface area contributed by atoms with E-state index in [0.717, 1.165) is 13.0 Å². The lowest BCUT2D eigenvalue weighted by atomic mass is 10.1. The normalized spacial score (nSPS) is 10.6. The van der Waals surface area contributed by atoms with Crippen LogP contribution in [0.25, 0.3) is 0 Å². The Labute approximate surface area is 113 Å².